The van der Waals surface area contributed by atoms with Crippen molar-refractivity contribution in [3.05, 3.63) is 0 Å². The molecule has 4 heteroatoms. The third-order valence-electron chi connectivity index (χ3n) is 2.68. The molecular weight excluding hydrogens is 210 g/mol. The van der Waals surface area contributed by atoms with E-state index in [2.05, 4.69) is 17.9 Å². The summed E-state index contributed by atoms with van der Waals surface area (Å²) in [5.41, 5.74) is 0. The highest BCUT2D eigenvalue weighted by atomic mass is 32.1. The van der Waals surface area contributed by atoms with Crippen LogP contribution in [-0.4, -0.2) is 30.4 Å². The first-order valence-corrected chi connectivity index (χ1v) is 6.20. The molecule has 0 saturated carbocycles. The van der Waals surface area contributed by atoms with Gasteiger partial charge in [0.25, 0.3) is 0 Å². The zero-order valence-corrected chi connectivity index (χ0v) is 10.4. The molecule has 0 radical (unpaired) electrons. The highest BCUT2D eigenvalue weighted by Crippen LogP contribution is 2.12. The molecule has 1 fully saturated rings. The Morgan fingerprint density at radius 2 is 2.27 bits per heavy atom. The number of nitrogens with one attached hydrogen (secondary N) is 1. The van der Waals surface area contributed by atoms with E-state index in [4.69, 9.17) is 4.74 Å². The Hall–Kier alpha value is -0.220. The van der Waals surface area contributed by atoms with Crippen LogP contribution in [-0.2, 0) is 9.53 Å². The smallest absolute Gasteiger partial charge is 0.233 e. The van der Waals surface area contributed by atoms with Gasteiger partial charge in [0.2, 0.25) is 5.91 Å². The molecule has 0 aliphatic carbocycles. The number of amides is 1. The Labute approximate surface area is 97.4 Å². The van der Waals surface area contributed by atoms with Gasteiger partial charge in [-0.15, -0.1) is 0 Å². The molecule has 2 atom stereocenters. The van der Waals surface area contributed by atoms with E-state index in [9.17, 15) is 4.79 Å². The van der Waals surface area contributed by atoms with Crippen LogP contribution in [0.3, 0.4) is 0 Å². The molecule has 3 nitrogen and oxygen atoms in total. The molecule has 0 spiro atoms. The number of hydrogen-bond donors (Lipinski definition) is 2. The van der Waals surface area contributed by atoms with Gasteiger partial charge in [-0.1, -0.05) is 13.8 Å². The summed E-state index contributed by atoms with van der Waals surface area (Å²) < 4.78 is 5.53. The number of carbonyl (C=O) groups excluding carboxylic acids is 1. The van der Waals surface area contributed by atoms with Gasteiger partial charge in [-0.05, 0) is 25.2 Å². The number of carbonyl (C=O) groups is 1. The first kappa shape index (κ1) is 12.8. The van der Waals surface area contributed by atoms with Crippen molar-refractivity contribution >= 4 is 18.5 Å². The van der Waals surface area contributed by atoms with E-state index in [0.29, 0.717) is 6.54 Å². The van der Waals surface area contributed by atoms with Crippen LogP contribution in [0.15, 0.2) is 0 Å². The normalized spacial score (nSPS) is 23.9. The van der Waals surface area contributed by atoms with E-state index in [0.717, 1.165) is 19.4 Å². The fourth-order valence-electron chi connectivity index (χ4n) is 1.59. The van der Waals surface area contributed by atoms with Crippen LogP contribution in [0, 0.1) is 5.92 Å². The fraction of sp³-hybridized carbons (Fsp3) is 0.909. The summed E-state index contributed by atoms with van der Waals surface area (Å²) in [7, 11) is 0. The molecule has 1 N–H and O–H groups in total. The van der Waals surface area contributed by atoms with E-state index >= 15 is 0 Å². The van der Waals surface area contributed by atoms with E-state index in [1.807, 2.05) is 13.8 Å². The summed E-state index contributed by atoms with van der Waals surface area (Å²) in [6, 6.07) is 0. The lowest BCUT2D eigenvalue weighted by molar-refractivity contribution is -0.122. The number of ether oxygens (including phenoxy) is 1. The topological polar surface area (TPSA) is 38.3 Å². The second-order valence-corrected chi connectivity index (χ2v) is 4.98. The molecule has 1 aliphatic rings. The Balaban J connectivity index is 2.20. The largest absolute Gasteiger partial charge is 0.376 e. The SMILES string of the molecule is CC(C)C(S)C(=O)NCC1CCCCO1. The molecule has 1 heterocycles. The van der Waals surface area contributed by atoms with Gasteiger partial charge in [0.05, 0.1) is 11.4 Å². The maximum absolute atomic E-state index is 11.6. The van der Waals surface area contributed by atoms with Crippen LogP contribution in [0.2, 0.25) is 0 Å². The van der Waals surface area contributed by atoms with Crippen LogP contribution in [0.4, 0.5) is 0 Å². The molecule has 0 aromatic heterocycles. The van der Waals surface area contributed by atoms with Gasteiger partial charge in [0.15, 0.2) is 0 Å². The molecule has 0 bridgehead atoms. The van der Waals surface area contributed by atoms with Gasteiger partial charge < -0.3 is 10.1 Å². The minimum Gasteiger partial charge on any atom is -0.376 e. The highest BCUT2D eigenvalue weighted by molar-refractivity contribution is 7.81. The van der Waals surface area contributed by atoms with Gasteiger partial charge in [0, 0.05) is 13.2 Å². The summed E-state index contributed by atoms with van der Waals surface area (Å²) in [4.78, 5) is 11.6. The average Bonchev–Trinajstić information content (AvgIpc) is 2.26. The number of hydrogen-bond acceptors (Lipinski definition) is 3. The maximum atomic E-state index is 11.6. The summed E-state index contributed by atoms with van der Waals surface area (Å²) in [5.74, 6) is 0.281. The average molecular weight is 231 g/mol. The first-order valence-electron chi connectivity index (χ1n) is 5.68. The van der Waals surface area contributed by atoms with Gasteiger partial charge in [-0.3, -0.25) is 4.79 Å². The van der Waals surface area contributed by atoms with Crippen LogP contribution < -0.4 is 5.32 Å². The van der Waals surface area contributed by atoms with Crippen molar-refractivity contribution < 1.29 is 9.53 Å². The molecule has 0 aromatic rings. The molecule has 1 aliphatic heterocycles. The first-order chi connectivity index (χ1) is 7.11. The van der Waals surface area contributed by atoms with Crippen molar-refractivity contribution in [2.75, 3.05) is 13.2 Å². The third-order valence-corrected chi connectivity index (χ3v) is 3.51. The quantitative estimate of drug-likeness (QED) is 0.722. The summed E-state index contributed by atoms with van der Waals surface area (Å²) in [6.07, 6.45) is 3.61. The lowest BCUT2D eigenvalue weighted by Gasteiger charge is -2.23. The van der Waals surface area contributed by atoms with Gasteiger partial charge in [-0.25, -0.2) is 0 Å². The monoisotopic (exact) mass is 231 g/mol. The standard InChI is InChI=1S/C11H21NO2S/c1-8(2)10(15)11(13)12-7-9-5-3-4-6-14-9/h8-10,15H,3-7H2,1-2H3,(H,12,13). The van der Waals surface area contributed by atoms with Crippen LogP contribution in [0.1, 0.15) is 33.1 Å². The van der Waals surface area contributed by atoms with Crippen molar-refractivity contribution in [2.45, 2.75) is 44.5 Å². The Morgan fingerprint density at radius 3 is 2.80 bits per heavy atom. The van der Waals surface area contributed by atoms with Gasteiger partial charge in [0.1, 0.15) is 0 Å². The Morgan fingerprint density at radius 1 is 1.53 bits per heavy atom. The highest BCUT2D eigenvalue weighted by Gasteiger charge is 2.19. The number of thiol groups is 1. The lowest BCUT2D eigenvalue weighted by atomic mass is 10.1. The van der Waals surface area contributed by atoms with Gasteiger partial charge in [-0.2, -0.15) is 12.6 Å². The zero-order chi connectivity index (χ0) is 11.3. The zero-order valence-electron chi connectivity index (χ0n) is 9.53. The van der Waals surface area contributed by atoms with E-state index in [1.54, 1.807) is 0 Å². The maximum Gasteiger partial charge on any atom is 0.233 e. The Bertz CT molecular complexity index is 203. The van der Waals surface area contributed by atoms with E-state index in [1.165, 1.54) is 6.42 Å². The van der Waals surface area contributed by atoms with Crippen LogP contribution in [0.5, 0.6) is 0 Å². The molecule has 0 aromatic carbocycles. The Kier molecular flexibility index (Phi) is 5.47. The van der Waals surface area contributed by atoms with Crippen LogP contribution >= 0.6 is 12.6 Å². The van der Waals surface area contributed by atoms with E-state index < -0.39 is 0 Å². The van der Waals surface area contributed by atoms with Crippen molar-refractivity contribution in [2.24, 2.45) is 5.92 Å². The molecule has 88 valence electrons. The van der Waals surface area contributed by atoms with Crippen molar-refractivity contribution in [1.82, 2.24) is 5.32 Å². The fourth-order valence-corrected chi connectivity index (χ4v) is 1.68. The second-order valence-electron chi connectivity index (χ2n) is 4.42. The molecular formula is C11H21NO2S. The minimum absolute atomic E-state index is 0.0162. The predicted octanol–water partition coefficient (Wildman–Crippen LogP) is 1.63. The van der Waals surface area contributed by atoms with Crippen molar-refractivity contribution in [3.8, 4) is 0 Å². The van der Waals surface area contributed by atoms with Crippen LogP contribution in [0.25, 0.3) is 0 Å². The minimum atomic E-state index is -0.214. The summed E-state index contributed by atoms with van der Waals surface area (Å²) in [6.45, 7) is 5.44. The molecule has 1 amide bonds. The third kappa shape index (κ3) is 4.43. The predicted molar refractivity (Wildman–Crippen MR) is 64.2 cm³/mol. The van der Waals surface area contributed by atoms with Crippen molar-refractivity contribution in [1.29, 1.82) is 0 Å². The summed E-state index contributed by atoms with van der Waals surface area (Å²) in [5, 5.41) is 2.68. The molecule has 1 saturated heterocycles. The molecule has 15 heavy (non-hydrogen) atoms. The lowest BCUT2D eigenvalue weighted by Crippen LogP contribution is -2.40. The second kappa shape index (κ2) is 6.38. The van der Waals surface area contributed by atoms with Crippen molar-refractivity contribution in [3.63, 3.8) is 0 Å². The molecule has 1 rings (SSSR count). The van der Waals surface area contributed by atoms with Gasteiger partial charge >= 0.3 is 0 Å². The number of rotatable bonds is 4. The van der Waals surface area contributed by atoms with E-state index in [-0.39, 0.29) is 23.2 Å². The molecule has 2 unspecified atom stereocenters. The summed E-state index contributed by atoms with van der Waals surface area (Å²) >= 11 is 4.26.